The maximum Gasteiger partial charge on any atom is 0.412 e. The Morgan fingerprint density at radius 3 is 2.47 bits per heavy atom. The van der Waals surface area contributed by atoms with Crippen molar-refractivity contribution in [3.05, 3.63) is 60.2 Å². The molecule has 0 saturated carbocycles. The number of hydrogen-bond donors (Lipinski definition) is 1. The summed E-state index contributed by atoms with van der Waals surface area (Å²) >= 11 is 0. The van der Waals surface area contributed by atoms with Crippen molar-refractivity contribution in [3.63, 3.8) is 0 Å². The van der Waals surface area contributed by atoms with Crippen LogP contribution in [0.15, 0.2) is 49.1 Å². The fourth-order valence-electron chi connectivity index (χ4n) is 3.43. The van der Waals surface area contributed by atoms with Crippen LogP contribution in [0.25, 0.3) is 10.8 Å². The van der Waals surface area contributed by atoms with Crippen LogP contribution in [0.4, 0.5) is 4.79 Å². The first-order chi connectivity index (χ1) is 14.7. The molecule has 1 amide bonds. The van der Waals surface area contributed by atoms with E-state index in [0.717, 1.165) is 40.3 Å². The number of ether oxygens (including phenoxy) is 4. The van der Waals surface area contributed by atoms with Gasteiger partial charge in [-0.15, -0.1) is 0 Å². The SMILES string of the molecule is C=CC(=O)OCCNC(=O)Oc1c2c(c(OCC3CO3)c3ccccc13)CC=CC2. The normalized spacial score (nSPS) is 16.5. The zero-order chi connectivity index (χ0) is 20.9. The van der Waals surface area contributed by atoms with Gasteiger partial charge in [0.1, 0.15) is 30.8 Å². The summed E-state index contributed by atoms with van der Waals surface area (Å²) in [7, 11) is 0. The van der Waals surface area contributed by atoms with E-state index in [-0.39, 0.29) is 19.3 Å². The van der Waals surface area contributed by atoms with Crippen molar-refractivity contribution < 1.29 is 28.5 Å². The van der Waals surface area contributed by atoms with Crippen LogP contribution in [0.1, 0.15) is 11.1 Å². The summed E-state index contributed by atoms with van der Waals surface area (Å²) in [6, 6.07) is 7.73. The molecule has 7 nitrogen and oxygen atoms in total. The van der Waals surface area contributed by atoms with Crippen LogP contribution in [0, 0.1) is 0 Å². The van der Waals surface area contributed by atoms with Gasteiger partial charge in [0.15, 0.2) is 0 Å². The van der Waals surface area contributed by atoms with Crippen LogP contribution < -0.4 is 14.8 Å². The Labute approximate surface area is 174 Å². The first-order valence-corrected chi connectivity index (χ1v) is 9.88. The molecule has 30 heavy (non-hydrogen) atoms. The van der Waals surface area contributed by atoms with Gasteiger partial charge in [-0.25, -0.2) is 9.59 Å². The maximum absolute atomic E-state index is 12.4. The molecule has 1 aliphatic carbocycles. The largest absolute Gasteiger partial charge is 0.490 e. The van der Waals surface area contributed by atoms with Crippen LogP contribution in [-0.4, -0.2) is 44.5 Å². The Morgan fingerprint density at radius 2 is 1.80 bits per heavy atom. The Balaban J connectivity index is 1.58. The molecular weight excluding hydrogens is 386 g/mol. The standard InChI is InChI=1S/C23H23NO6/c1-2-20(25)27-12-11-24-23(26)30-22-18-9-5-3-7-16(18)21(29-14-15-13-28-15)17-8-4-6-10-19(17)22/h2-7,9,15H,1,8,10-14H2,(H,24,26). The number of esters is 1. The quantitative estimate of drug-likeness (QED) is 0.237. The second-order valence-corrected chi connectivity index (χ2v) is 6.99. The van der Waals surface area contributed by atoms with Crippen molar-refractivity contribution in [3.8, 4) is 11.5 Å². The van der Waals surface area contributed by atoms with E-state index in [1.807, 2.05) is 24.3 Å². The highest BCUT2D eigenvalue weighted by molar-refractivity contribution is 5.97. The first kappa shape index (κ1) is 20.0. The van der Waals surface area contributed by atoms with Crippen molar-refractivity contribution in [2.45, 2.75) is 18.9 Å². The maximum atomic E-state index is 12.4. The van der Waals surface area contributed by atoms with Gasteiger partial charge < -0.3 is 24.3 Å². The van der Waals surface area contributed by atoms with E-state index >= 15 is 0 Å². The molecule has 156 valence electrons. The molecule has 1 fully saturated rings. The van der Waals surface area contributed by atoms with Gasteiger partial charge in [0.2, 0.25) is 0 Å². The molecule has 2 aromatic carbocycles. The van der Waals surface area contributed by atoms with Crippen LogP contribution in [0.5, 0.6) is 11.5 Å². The van der Waals surface area contributed by atoms with Crippen molar-refractivity contribution in [1.29, 1.82) is 0 Å². The Hall–Kier alpha value is -3.32. The van der Waals surface area contributed by atoms with Crippen molar-refractivity contribution in [2.75, 3.05) is 26.4 Å². The minimum atomic E-state index is -0.605. The van der Waals surface area contributed by atoms with E-state index < -0.39 is 12.1 Å². The average molecular weight is 409 g/mol. The van der Waals surface area contributed by atoms with Gasteiger partial charge in [-0.1, -0.05) is 43.0 Å². The monoisotopic (exact) mass is 409 g/mol. The highest BCUT2D eigenvalue weighted by Gasteiger charge is 2.27. The lowest BCUT2D eigenvalue weighted by Crippen LogP contribution is -2.31. The van der Waals surface area contributed by atoms with Crippen LogP contribution in [0.3, 0.4) is 0 Å². The van der Waals surface area contributed by atoms with E-state index in [2.05, 4.69) is 24.0 Å². The highest BCUT2D eigenvalue weighted by atomic mass is 16.6. The molecule has 1 N–H and O–H groups in total. The van der Waals surface area contributed by atoms with E-state index in [1.165, 1.54) is 0 Å². The summed E-state index contributed by atoms with van der Waals surface area (Å²) in [4.78, 5) is 23.5. The molecule has 2 aromatic rings. The number of epoxide rings is 1. The van der Waals surface area contributed by atoms with Gasteiger partial charge in [-0.2, -0.15) is 0 Å². The van der Waals surface area contributed by atoms with Crippen LogP contribution >= 0.6 is 0 Å². The predicted octanol–water partition coefficient (Wildman–Crippen LogP) is 3.09. The molecule has 0 aromatic heterocycles. The molecule has 7 heteroatoms. The van der Waals surface area contributed by atoms with Crippen LogP contribution in [0.2, 0.25) is 0 Å². The minimum Gasteiger partial charge on any atom is -0.490 e. The molecule has 1 heterocycles. The molecule has 0 spiro atoms. The number of nitrogens with one attached hydrogen (secondary N) is 1. The highest BCUT2D eigenvalue weighted by Crippen LogP contribution is 2.43. The molecule has 2 aliphatic rings. The van der Waals surface area contributed by atoms with Crippen LogP contribution in [-0.2, 0) is 27.1 Å². The topological polar surface area (TPSA) is 86.4 Å². The van der Waals surface area contributed by atoms with Crippen molar-refractivity contribution in [2.24, 2.45) is 0 Å². The smallest absolute Gasteiger partial charge is 0.412 e. The Bertz CT molecular complexity index is 1010. The van der Waals surface area contributed by atoms with Crippen molar-refractivity contribution >= 4 is 22.8 Å². The summed E-state index contributed by atoms with van der Waals surface area (Å²) in [5.41, 5.74) is 1.97. The second-order valence-electron chi connectivity index (χ2n) is 6.99. The summed E-state index contributed by atoms with van der Waals surface area (Å²) in [6.45, 7) is 4.73. The molecule has 0 bridgehead atoms. The number of hydrogen-bond acceptors (Lipinski definition) is 6. The summed E-state index contributed by atoms with van der Waals surface area (Å²) < 4.78 is 22.0. The Kier molecular flexibility index (Phi) is 5.99. The molecule has 4 rings (SSSR count). The third-order valence-electron chi connectivity index (χ3n) is 4.93. The molecular formula is C23H23NO6. The molecule has 1 atom stereocenters. The second kappa shape index (κ2) is 9.00. The van der Waals surface area contributed by atoms with E-state index in [9.17, 15) is 9.59 Å². The average Bonchev–Trinajstić information content (AvgIpc) is 3.60. The number of rotatable bonds is 8. The number of amides is 1. The fraction of sp³-hybridized carbons (Fsp3) is 0.304. The number of allylic oxidation sites excluding steroid dienone is 2. The number of fused-ring (bicyclic) bond motifs is 2. The van der Waals surface area contributed by atoms with Gasteiger partial charge in [-0.3, -0.25) is 0 Å². The molecule has 1 aliphatic heterocycles. The van der Waals surface area contributed by atoms with E-state index in [1.54, 1.807) is 0 Å². The predicted molar refractivity (Wildman–Crippen MR) is 111 cm³/mol. The minimum absolute atomic E-state index is 0.0392. The summed E-state index contributed by atoms with van der Waals surface area (Å²) in [6.07, 6.45) is 6.12. The number of carbonyl (C=O) groups excluding carboxylic acids is 2. The van der Waals surface area contributed by atoms with Gasteiger partial charge >= 0.3 is 12.1 Å². The van der Waals surface area contributed by atoms with Crippen molar-refractivity contribution in [1.82, 2.24) is 5.32 Å². The Morgan fingerprint density at radius 1 is 1.13 bits per heavy atom. The lowest BCUT2D eigenvalue weighted by atomic mass is 9.90. The lowest BCUT2D eigenvalue weighted by molar-refractivity contribution is -0.137. The molecule has 1 unspecified atom stereocenters. The zero-order valence-electron chi connectivity index (χ0n) is 16.5. The third kappa shape index (κ3) is 4.46. The zero-order valence-corrected chi connectivity index (χ0v) is 16.5. The van der Waals surface area contributed by atoms with E-state index in [0.29, 0.717) is 25.2 Å². The number of benzene rings is 2. The van der Waals surface area contributed by atoms with Gasteiger partial charge in [0, 0.05) is 28.0 Å². The summed E-state index contributed by atoms with van der Waals surface area (Å²) in [5.74, 6) is 0.814. The van der Waals surface area contributed by atoms with Gasteiger partial charge in [-0.05, 0) is 12.8 Å². The third-order valence-corrected chi connectivity index (χ3v) is 4.93. The lowest BCUT2D eigenvalue weighted by Gasteiger charge is -2.23. The number of carbonyl (C=O) groups is 2. The summed E-state index contributed by atoms with van der Waals surface area (Å²) in [5, 5.41) is 4.32. The molecule has 1 saturated heterocycles. The fourth-order valence-corrected chi connectivity index (χ4v) is 3.43. The molecule has 0 radical (unpaired) electrons. The van der Waals surface area contributed by atoms with Gasteiger partial charge in [0.25, 0.3) is 0 Å². The van der Waals surface area contributed by atoms with E-state index in [4.69, 9.17) is 18.9 Å². The van der Waals surface area contributed by atoms with Gasteiger partial charge in [0.05, 0.1) is 13.2 Å². The first-order valence-electron chi connectivity index (χ1n) is 9.88.